The van der Waals surface area contributed by atoms with Crippen LogP contribution in [-0.2, 0) is 0 Å². The van der Waals surface area contributed by atoms with Gasteiger partial charge in [0.05, 0.1) is 0 Å². The van der Waals surface area contributed by atoms with Crippen LogP contribution in [0, 0.1) is 19.7 Å². The van der Waals surface area contributed by atoms with E-state index >= 15 is 0 Å². The fourth-order valence-electron chi connectivity index (χ4n) is 1.21. The molecule has 0 aliphatic heterocycles. The van der Waals surface area contributed by atoms with E-state index < -0.39 is 0 Å². The van der Waals surface area contributed by atoms with E-state index in [1.54, 1.807) is 6.07 Å². The van der Waals surface area contributed by atoms with Crippen LogP contribution in [0.2, 0.25) is 5.02 Å². The second kappa shape index (κ2) is 6.29. The smallest absolute Gasteiger partial charge is 0.123 e. The number of rotatable bonds is 0. The van der Waals surface area contributed by atoms with Gasteiger partial charge < -0.3 is 0 Å². The molecule has 0 saturated heterocycles. The first-order chi connectivity index (χ1) is 7.58. The lowest BCUT2D eigenvalue weighted by Gasteiger charge is -1.88. The van der Waals surface area contributed by atoms with Crippen LogP contribution in [0.1, 0.15) is 11.1 Å². The molecule has 0 saturated carbocycles. The van der Waals surface area contributed by atoms with Gasteiger partial charge in [0.15, 0.2) is 0 Å². The molecule has 0 N–H and O–H groups in total. The zero-order chi connectivity index (χ0) is 12.0. The average Bonchev–Trinajstić information content (AvgIpc) is 2.17. The van der Waals surface area contributed by atoms with Crippen molar-refractivity contribution in [1.29, 1.82) is 0 Å². The zero-order valence-corrected chi connectivity index (χ0v) is 10.1. The van der Waals surface area contributed by atoms with Crippen molar-refractivity contribution in [2.75, 3.05) is 0 Å². The van der Waals surface area contributed by atoms with Crippen molar-refractivity contribution in [3.05, 3.63) is 70.5 Å². The monoisotopic (exact) mass is 236 g/mol. The third-order valence-corrected chi connectivity index (χ3v) is 2.20. The maximum Gasteiger partial charge on any atom is 0.123 e. The van der Waals surface area contributed by atoms with Crippen molar-refractivity contribution >= 4 is 11.6 Å². The lowest BCUT2D eigenvalue weighted by atomic mass is 10.2. The summed E-state index contributed by atoms with van der Waals surface area (Å²) in [5, 5.41) is 0.810. The number of hydrogen-bond acceptors (Lipinski definition) is 0. The molecule has 0 atom stereocenters. The van der Waals surface area contributed by atoms with E-state index in [1.165, 1.54) is 17.7 Å². The predicted octanol–water partition coefficient (Wildman–Crippen LogP) is 4.78. The minimum Gasteiger partial charge on any atom is -0.207 e. The van der Waals surface area contributed by atoms with E-state index in [0.717, 1.165) is 10.6 Å². The first-order valence-corrected chi connectivity index (χ1v) is 5.40. The van der Waals surface area contributed by atoms with Crippen LogP contribution in [0.5, 0.6) is 0 Å². The Morgan fingerprint density at radius 3 is 1.75 bits per heavy atom. The summed E-state index contributed by atoms with van der Waals surface area (Å²) in [6.07, 6.45) is 0. The van der Waals surface area contributed by atoms with Gasteiger partial charge in [0.2, 0.25) is 0 Å². The van der Waals surface area contributed by atoms with Gasteiger partial charge in [-0.2, -0.15) is 0 Å². The van der Waals surface area contributed by atoms with Crippen molar-refractivity contribution in [1.82, 2.24) is 0 Å². The van der Waals surface area contributed by atoms with Crippen LogP contribution in [0.4, 0.5) is 4.39 Å². The molecule has 2 heteroatoms. The Labute approximate surface area is 101 Å². The highest BCUT2D eigenvalue weighted by Gasteiger charge is 1.84. The Balaban J connectivity index is 0.000000160. The van der Waals surface area contributed by atoms with Crippen molar-refractivity contribution in [3.63, 3.8) is 0 Å². The highest BCUT2D eigenvalue weighted by Crippen LogP contribution is 2.08. The van der Waals surface area contributed by atoms with Gasteiger partial charge in [-0.1, -0.05) is 35.9 Å². The molecule has 2 aromatic carbocycles. The molecule has 2 aromatic rings. The van der Waals surface area contributed by atoms with E-state index in [-0.39, 0.29) is 5.82 Å². The first-order valence-electron chi connectivity index (χ1n) is 5.02. The summed E-state index contributed by atoms with van der Waals surface area (Å²) in [5.41, 5.74) is 2.17. The molecule has 16 heavy (non-hydrogen) atoms. The van der Waals surface area contributed by atoms with E-state index in [2.05, 4.69) is 0 Å². The van der Waals surface area contributed by atoms with Gasteiger partial charge in [0.1, 0.15) is 5.82 Å². The number of halogens is 2. The van der Waals surface area contributed by atoms with Gasteiger partial charge in [-0.3, -0.25) is 0 Å². The quantitative estimate of drug-likeness (QED) is 0.617. The third-order valence-electron chi connectivity index (χ3n) is 1.96. The molecule has 0 nitrogen and oxygen atoms in total. The molecule has 2 rings (SSSR count). The van der Waals surface area contributed by atoms with Gasteiger partial charge in [-0.05, 0) is 49.2 Å². The molecule has 0 aliphatic rings. The second-order valence-electron chi connectivity index (χ2n) is 3.60. The summed E-state index contributed by atoms with van der Waals surface area (Å²) >= 11 is 5.64. The topological polar surface area (TPSA) is 0 Å². The number of hydrogen-bond donors (Lipinski definition) is 0. The minimum atomic E-state index is -0.162. The molecule has 0 bridgehead atoms. The van der Waals surface area contributed by atoms with Crippen molar-refractivity contribution < 1.29 is 4.39 Å². The molecule has 0 heterocycles. The molecule has 0 aromatic heterocycles. The van der Waals surface area contributed by atoms with E-state index in [4.69, 9.17) is 11.6 Å². The standard InChI is InChI=1S/C7H7Cl.C7H7F/c2*1-6-3-2-4-7(8)5-6/h2*2-5H,1H3. The van der Waals surface area contributed by atoms with Crippen LogP contribution in [0.15, 0.2) is 48.5 Å². The van der Waals surface area contributed by atoms with Gasteiger partial charge >= 0.3 is 0 Å². The fourth-order valence-corrected chi connectivity index (χ4v) is 1.46. The Kier molecular flexibility index (Phi) is 5.00. The summed E-state index contributed by atoms with van der Waals surface area (Å²) in [4.78, 5) is 0. The molecule has 0 aliphatic carbocycles. The van der Waals surface area contributed by atoms with Crippen LogP contribution >= 0.6 is 11.6 Å². The lowest BCUT2D eigenvalue weighted by molar-refractivity contribution is 0.626. The Morgan fingerprint density at radius 2 is 1.44 bits per heavy atom. The van der Waals surface area contributed by atoms with Gasteiger partial charge in [-0.15, -0.1) is 0 Å². The average molecular weight is 237 g/mol. The highest BCUT2D eigenvalue weighted by atomic mass is 35.5. The van der Waals surface area contributed by atoms with E-state index in [1.807, 2.05) is 44.2 Å². The van der Waals surface area contributed by atoms with Crippen molar-refractivity contribution in [3.8, 4) is 0 Å². The Morgan fingerprint density at radius 1 is 0.875 bits per heavy atom. The van der Waals surface area contributed by atoms with Crippen LogP contribution in [0.3, 0.4) is 0 Å². The predicted molar refractivity (Wildman–Crippen MR) is 67.3 cm³/mol. The SMILES string of the molecule is Cc1cccc(Cl)c1.Cc1cccc(F)c1. The minimum absolute atomic E-state index is 0.162. The molecule has 0 radical (unpaired) electrons. The maximum atomic E-state index is 12.2. The lowest BCUT2D eigenvalue weighted by Crippen LogP contribution is -1.72. The molecule has 84 valence electrons. The summed E-state index contributed by atoms with van der Waals surface area (Å²) in [6.45, 7) is 3.88. The molecule has 0 spiro atoms. The van der Waals surface area contributed by atoms with Crippen molar-refractivity contribution in [2.24, 2.45) is 0 Å². The number of aryl methyl sites for hydroxylation is 2. The first kappa shape index (κ1) is 12.7. The van der Waals surface area contributed by atoms with Crippen molar-refractivity contribution in [2.45, 2.75) is 13.8 Å². The maximum absolute atomic E-state index is 12.2. The zero-order valence-electron chi connectivity index (χ0n) is 9.37. The van der Waals surface area contributed by atoms with Crippen LogP contribution in [0.25, 0.3) is 0 Å². The van der Waals surface area contributed by atoms with Gasteiger partial charge in [-0.25, -0.2) is 4.39 Å². The van der Waals surface area contributed by atoms with E-state index in [0.29, 0.717) is 0 Å². The Hall–Kier alpha value is -1.34. The Bertz CT molecular complexity index is 374. The summed E-state index contributed by atoms with van der Waals surface area (Å²) < 4.78 is 12.2. The highest BCUT2D eigenvalue weighted by molar-refractivity contribution is 6.30. The summed E-state index contributed by atoms with van der Waals surface area (Å²) in [7, 11) is 0. The summed E-state index contributed by atoms with van der Waals surface area (Å²) in [6, 6.07) is 14.3. The van der Waals surface area contributed by atoms with E-state index in [9.17, 15) is 4.39 Å². The summed E-state index contributed by atoms with van der Waals surface area (Å²) in [5.74, 6) is -0.162. The molecule has 0 unspecified atom stereocenters. The van der Waals surface area contributed by atoms with Gasteiger partial charge in [0, 0.05) is 5.02 Å². The molecule has 0 amide bonds. The normalized spacial score (nSPS) is 9.25. The fraction of sp³-hybridized carbons (Fsp3) is 0.143. The van der Waals surface area contributed by atoms with Crippen LogP contribution in [-0.4, -0.2) is 0 Å². The van der Waals surface area contributed by atoms with Gasteiger partial charge in [0.25, 0.3) is 0 Å². The second-order valence-corrected chi connectivity index (χ2v) is 4.03. The van der Waals surface area contributed by atoms with Crippen LogP contribution < -0.4 is 0 Å². The molecular weight excluding hydrogens is 223 g/mol. The number of benzene rings is 2. The third kappa shape index (κ3) is 4.94. The molecular formula is C14H14ClF. The molecule has 0 fully saturated rings. The largest absolute Gasteiger partial charge is 0.207 e.